The van der Waals surface area contributed by atoms with E-state index in [2.05, 4.69) is 10.3 Å². The van der Waals surface area contributed by atoms with Gasteiger partial charge in [-0.2, -0.15) is 0 Å². The smallest absolute Gasteiger partial charge is 0.261 e. The highest BCUT2D eigenvalue weighted by Gasteiger charge is 2.23. The van der Waals surface area contributed by atoms with E-state index in [4.69, 9.17) is 4.74 Å². The number of fused-ring (bicyclic) bond motifs is 1. The van der Waals surface area contributed by atoms with Gasteiger partial charge in [0.15, 0.2) is 0 Å². The standard InChI is InChI=1S/C19H25N3O3/c1-13-6-3-7-15-18(13)20-12-22(19(15)24)10-4-9-17(23)21-14(2)16-8-5-11-25-16/h3,6-7,12,14,16H,4-5,8-11H2,1-2H3,(H,21,23)/t14-,16+/m1/s1. The number of ether oxygens (including phenoxy) is 1. The molecule has 1 amide bonds. The molecule has 0 unspecified atom stereocenters. The summed E-state index contributed by atoms with van der Waals surface area (Å²) in [5.41, 5.74) is 1.68. The number of aromatic nitrogens is 2. The molecule has 0 saturated carbocycles. The van der Waals surface area contributed by atoms with Crippen LogP contribution in [-0.4, -0.2) is 34.2 Å². The Morgan fingerprint density at radius 2 is 2.32 bits per heavy atom. The van der Waals surface area contributed by atoms with E-state index in [-0.39, 0.29) is 23.6 Å². The monoisotopic (exact) mass is 343 g/mol. The van der Waals surface area contributed by atoms with Crippen LogP contribution in [0.1, 0.15) is 38.2 Å². The molecule has 1 fully saturated rings. The maximum atomic E-state index is 12.5. The second kappa shape index (κ2) is 7.78. The number of nitrogens with zero attached hydrogens (tertiary/aromatic N) is 2. The molecule has 6 nitrogen and oxygen atoms in total. The third-order valence-corrected chi connectivity index (χ3v) is 4.77. The predicted molar refractivity (Wildman–Crippen MR) is 96.6 cm³/mol. The Hall–Kier alpha value is -2.21. The molecular formula is C19H25N3O3. The van der Waals surface area contributed by atoms with E-state index in [9.17, 15) is 9.59 Å². The molecule has 2 heterocycles. The van der Waals surface area contributed by atoms with Crippen LogP contribution in [0.5, 0.6) is 0 Å². The molecule has 1 aromatic carbocycles. The molecule has 0 bridgehead atoms. The largest absolute Gasteiger partial charge is 0.376 e. The Labute approximate surface area is 147 Å². The van der Waals surface area contributed by atoms with E-state index in [0.29, 0.717) is 24.8 Å². The van der Waals surface area contributed by atoms with Crippen LogP contribution < -0.4 is 10.9 Å². The zero-order valence-electron chi connectivity index (χ0n) is 14.8. The van der Waals surface area contributed by atoms with E-state index in [1.165, 1.54) is 0 Å². The summed E-state index contributed by atoms with van der Waals surface area (Å²) in [5.74, 6) is 0.000594. The lowest BCUT2D eigenvalue weighted by Gasteiger charge is -2.20. The molecule has 1 saturated heterocycles. The second-order valence-corrected chi connectivity index (χ2v) is 6.73. The van der Waals surface area contributed by atoms with E-state index in [0.717, 1.165) is 30.5 Å². The third kappa shape index (κ3) is 4.07. The van der Waals surface area contributed by atoms with Gasteiger partial charge in [-0.15, -0.1) is 0 Å². The maximum absolute atomic E-state index is 12.5. The van der Waals surface area contributed by atoms with E-state index in [1.54, 1.807) is 17.0 Å². The van der Waals surface area contributed by atoms with Crippen molar-refractivity contribution >= 4 is 16.8 Å². The van der Waals surface area contributed by atoms with Crippen LogP contribution >= 0.6 is 0 Å². The molecule has 3 rings (SSSR count). The normalized spacial score (nSPS) is 18.4. The van der Waals surface area contributed by atoms with Crippen molar-refractivity contribution in [3.05, 3.63) is 40.4 Å². The van der Waals surface area contributed by atoms with Gasteiger partial charge in [-0.1, -0.05) is 12.1 Å². The molecule has 0 radical (unpaired) electrons. The lowest BCUT2D eigenvalue weighted by atomic mass is 10.1. The molecule has 2 atom stereocenters. The fourth-order valence-corrected chi connectivity index (χ4v) is 3.32. The van der Waals surface area contributed by atoms with Crippen LogP contribution in [0.15, 0.2) is 29.3 Å². The minimum absolute atomic E-state index is 0.000594. The average molecular weight is 343 g/mol. The van der Waals surface area contributed by atoms with Gasteiger partial charge in [-0.25, -0.2) is 4.98 Å². The predicted octanol–water partition coefficient (Wildman–Crippen LogP) is 2.17. The van der Waals surface area contributed by atoms with Gasteiger partial charge in [0.05, 0.1) is 29.4 Å². The summed E-state index contributed by atoms with van der Waals surface area (Å²) < 4.78 is 7.17. The summed E-state index contributed by atoms with van der Waals surface area (Å²) in [6.07, 6.45) is 4.74. The first-order valence-corrected chi connectivity index (χ1v) is 8.92. The van der Waals surface area contributed by atoms with Crippen LogP contribution in [0.3, 0.4) is 0 Å². The van der Waals surface area contributed by atoms with Gasteiger partial charge in [0, 0.05) is 19.6 Å². The number of hydrogen-bond donors (Lipinski definition) is 1. The van der Waals surface area contributed by atoms with Gasteiger partial charge in [-0.05, 0) is 44.7 Å². The number of carbonyl (C=O) groups is 1. The number of carbonyl (C=O) groups excluding carboxylic acids is 1. The van der Waals surface area contributed by atoms with Crippen LogP contribution in [0, 0.1) is 6.92 Å². The van der Waals surface area contributed by atoms with Crippen LogP contribution in [0.25, 0.3) is 10.9 Å². The Kier molecular flexibility index (Phi) is 5.48. The summed E-state index contributed by atoms with van der Waals surface area (Å²) in [7, 11) is 0. The molecule has 1 aromatic heterocycles. The van der Waals surface area contributed by atoms with E-state index in [1.807, 2.05) is 26.0 Å². The fourth-order valence-electron chi connectivity index (χ4n) is 3.32. The van der Waals surface area contributed by atoms with Crippen molar-refractivity contribution in [1.29, 1.82) is 0 Å². The number of hydrogen-bond acceptors (Lipinski definition) is 4. The minimum Gasteiger partial charge on any atom is -0.376 e. The average Bonchev–Trinajstić information content (AvgIpc) is 3.12. The molecule has 25 heavy (non-hydrogen) atoms. The van der Waals surface area contributed by atoms with E-state index >= 15 is 0 Å². The molecule has 1 aliphatic heterocycles. The van der Waals surface area contributed by atoms with Gasteiger partial charge in [0.2, 0.25) is 5.91 Å². The molecule has 134 valence electrons. The zero-order valence-corrected chi connectivity index (χ0v) is 14.8. The van der Waals surface area contributed by atoms with Crippen LogP contribution in [-0.2, 0) is 16.1 Å². The number of para-hydroxylation sites is 1. The van der Waals surface area contributed by atoms with Crippen molar-refractivity contribution in [2.24, 2.45) is 0 Å². The highest BCUT2D eigenvalue weighted by Crippen LogP contribution is 2.15. The highest BCUT2D eigenvalue weighted by molar-refractivity contribution is 5.80. The van der Waals surface area contributed by atoms with Crippen molar-refractivity contribution in [3.63, 3.8) is 0 Å². The number of rotatable bonds is 6. The molecule has 1 aliphatic rings. The van der Waals surface area contributed by atoms with E-state index < -0.39 is 0 Å². The number of benzene rings is 1. The second-order valence-electron chi connectivity index (χ2n) is 6.73. The summed E-state index contributed by atoms with van der Waals surface area (Å²) in [5, 5.41) is 3.62. The molecule has 0 spiro atoms. The zero-order chi connectivity index (χ0) is 17.8. The van der Waals surface area contributed by atoms with Gasteiger partial charge in [-0.3, -0.25) is 14.2 Å². The van der Waals surface area contributed by atoms with Crippen LogP contribution in [0.2, 0.25) is 0 Å². The first-order valence-electron chi connectivity index (χ1n) is 8.92. The SMILES string of the molecule is Cc1cccc2c(=O)n(CCCC(=O)N[C@H](C)[C@@H]3CCCO3)cnc12. The highest BCUT2D eigenvalue weighted by atomic mass is 16.5. The Bertz CT molecular complexity index is 809. The molecule has 2 aromatic rings. The Morgan fingerprint density at radius 1 is 1.48 bits per heavy atom. The Balaban J connectivity index is 1.55. The summed E-state index contributed by atoms with van der Waals surface area (Å²) in [6.45, 7) is 5.19. The maximum Gasteiger partial charge on any atom is 0.261 e. The molecule has 1 N–H and O–H groups in total. The fraction of sp³-hybridized carbons (Fsp3) is 0.526. The van der Waals surface area contributed by atoms with Crippen molar-refractivity contribution in [1.82, 2.24) is 14.9 Å². The van der Waals surface area contributed by atoms with Crippen molar-refractivity contribution in [2.45, 2.75) is 58.2 Å². The molecular weight excluding hydrogens is 318 g/mol. The summed E-state index contributed by atoms with van der Waals surface area (Å²) in [4.78, 5) is 29.0. The lowest BCUT2D eigenvalue weighted by molar-refractivity contribution is -0.122. The lowest BCUT2D eigenvalue weighted by Crippen LogP contribution is -2.40. The minimum atomic E-state index is -0.0539. The van der Waals surface area contributed by atoms with Crippen molar-refractivity contribution in [3.8, 4) is 0 Å². The van der Waals surface area contributed by atoms with Crippen molar-refractivity contribution in [2.75, 3.05) is 6.61 Å². The van der Waals surface area contributed by atoms with Gasteiger partial charge in [0.1, 0.15) is 0 Å². The quantitative estimate of drug-likeness (QED) is 0.872. The number of nitrogens with one attached hydrogen (secondary N) is 1. The third-order valence-electron chi connectivity index (χ3n) is 4.77. The number of amides is 1. The topological polar surface area (TPSA) is 73.2 Å². The summed E-state index contributed by atoms with van der Waals surface area (Å²) >= 11 is 0. The molecule has 6 heteroatoms. The first-order chi connectivity index (χ1) is 12.1. The first kappa shape index (κ1) is 17.6. The summed E-state index contributed by atoms with van der Waals surface area (Å²) in [6, 6.07) is 5.64. The van der Waals surface area contributed by atoms with Gasteiger partial charge in [0.25, 0.3) is 5.56 Å². The van der Waals surface area contributed by atoms with Crippen molar-refractivity contribution < 1.29 is 9.53 Å². The Morgan fingerprint density at radius 3 is 3.08 bits per heavy atom. The van der Waals surface area contributed by atoms with Gasteiger partial charge >= 0.3 is 0 Å². The molecule has 0 aliphatic carbocycles. The van der Waals surface area contributed by atoms with Crippen LogP contribution in [0.4, 0.5) is 0 Å². The van der Waals surface area contributed by atoms with Gasteiger partial charge < -0.3 is 10.1 Å². The number of aryl methyl sites for hydroxylation is 2.